The van der Waals surface area contributed by atoms with Crippen molar-refractivity contribution >= 4 is 18.0 Å². The fraction of sp³-hybridized carbons (Fsp3) is 0.292. The van der Waals surface area contributed by atoms with Gasteiger partial charge in [0.1, 0.15) is 23.1 Å². The summed E-state index contributed by atoms with van der Waals surface area (Å²) in [4.78, 5) is 24.0. The average molecular weight is 422 g/mol. The molecule has 0 bridgehead atoms. The van der Waals surface area contributed by atoms with Gasteiger partial charge in [-0.2, -0.15) is 5.26 Å². The summed E-state index contributed by atoms with van der Waals surface area (Å²) in [5.41, 5.74) is 1.82. The first-order valence-electron chi connectivity index (χ1n) is 9.97. The van der Waals surface area contributed by atoms with E-state index < -0.39 is 11.9 Å². The lowest BCUT2D eigenvalue weighted by Crippen LogP contribution is -2.27. The van der Waals surface area contributed by atoms with Gasteiger partial charge in [-0.25, -0.2) is 4.79 Å². The van der Waals surface area contributed by atoms with E-state index in [4.69, 9.17) is 14.2 Å². The van der Waals surface area contributed by atoms with E-state index in [-0.39, 0.29) is 12.2 Å². The zero-order chi connectivity index (χ0) is 22.5. The summed E-state index contributed by atoms with van der Waals surface area (Å²) in [7, 11) is 1.53. The average Bonchev–Trinajstić information content (AvgIpc) is 2.78. The van der Waals surface area contributed by atoms with Crippen molar-refractivity contribution in [3.8, 4) is 17.6 Å². The topological polar surface area (TPSA) is 97.7 Å². The Bertz CT molecular complexity index is 928. The van der Waals surface area contributed by atoms with Gasteiger partial charge >= 0.3 is 5.97 Å². The Morgan fingerprint density at radius 1 is 1.06 bits per heavy atom. The zero-order valence-electron chi connectivity index (χ0n) is 17.7. The number of hydrogen-bond donors (Lipinski definition) is 1. The molecule has 0 aliphatic heterocycles. The largest absolute Gasteiger partial charge is 0.482 e. The molecule has 0 aromatic heterocycles. The van der Waals surface area contributed by atoms with Gasteiger partial charge in [0.25, 0.3) is 5.91 Å². The van der Waals surface area contributed by atoms with Gasteiger partial charge < -0.3 is 19.5 Å². The van der Waals surface area contributed by atoms with Gasteiger partial charge in [0.05, 0.1) is 6.61 Å². The summed E-state index contributed by atoms with van der Waals surface area (Å²) in [5, 5.41) is 11.8. The van der Waals surface area contributed by atoms with Crippen molar-refractivity contribution < 1.29 is 23.8 Å². The SMILES string of the molecule is CCCc1ccc(OCC(=O)Oc2ccc(/C=C(\C#N)C(=O)NCCOC)cc2)cc1. The number of methoxy groups -OCH3 is 1. The number of carbonyl (C=O) groups is 2. The fourth-order valence-corrected chi connectivity index (χ4v) is 2.65. The minimum atomic E-state index is -0.531. The van der Waals surface area contributed by atoms with E-state index in [9.17, 15) is 14.9 Å². The molecule has 0 saturated heterocycles. The Morgan fingerprint density at radius 2 is 1.74 bits per heavy atom. The van der Waals surface area contributed by atoms with Gasteiger partial charge in [0, 0.05) is 13.7 Å². The molecule has 7 nitrogen and oxygen atoms in total. The number of benzene rings is 2. The molecule has 1 amide bonds. The molecule has 0 spiro atoms. The highest BCUT2D eigenvalue weighted by atomic mass is 16.6. The van der Waals surface area contributed by atoms with Crippen LogP contribution in [-0.2, 0) is 20.7 Å². The van der Waals surface area contributed by atoms with Crippen LogP contribution >= 0.6 is 0 Å². The van der Waals surface area contributed by atoms with Crippen LogP contribution in [0.5, 0.6) is 11.5 Å². The molecule has 0 saturated carbocycles. The van der Waals surface area contributed by atoms with Gasteiger partial charge in [0.15, 0.2) is 6.61 Å². The van der Waals surface area contributed by atoms with Gasteiger partial charge in [-0.3, -0.25) is 4.79 Å². The standard InChI is InChI=1S/C24H26N2O5/c1-3-4-18-5-9-21(10-6-18)30-17-23(27)31-22-11-7-19(8-12-22)15-20(16-25)24(28)26-13-14-29-2/h5-12,15H,3-4,13-14,17H2,1-2H3,(H,26,28)/b20-15+. The maximum absolute atomic E-state index is 12.0. The fourth-order valence-electron chi connectivity index (χ4n) is 2.65. The summed E-state index contributed by atoms with van der Waals surface area (Å²) in [6.45, 7) is 2.58. The number of rotatable bonds is 11. The number of aryl methyl sites for hydroxylation is 1. The molecule has 0 heterocycles. The van der Waals surface area contributed by atoms with Gasteiger partial charge in [-0.15, -0.1) is 0 Å². The van der Waals surface area contributed by atoms with Crippen molar-refractivity contribution in [3.63, 3.8) is 0 Å². The first-order valence-corrected chi connectivity index (χ1v) is 9.97. The van der Waals surface area contributed by atoms with Crippen LogP contribution in [-0.4, -0.2) is 38.7 Å². The molecule has 7 heteroatoms. The molecular weight excluding hydrogens is 396 g/mol. The van der Waals surface area contributed by atoms with E-state index >= 15 is 0 Å². The third-order valence-corrected chi connectivity index (χ3v) is 4.20. The molecule has 0 atom stereocenters. The maximum atomic E-state index is 12.0. The Balaban J connectivity index is 1.87. The summed E-state index contributed by atoms with van der Waals surface area (Å²) in [6, 6.07) is 16.0. The van der Waals surface area contributed by atoms with Crippen molar-refractivity contribution in [1.82, 2.24) is 5.32 Å². The van der Waals surface area contributed by atoms with Crippen molar-refractivity contribution in [2.75, 3.05) is 26.9 Å². The molecule has 0 fully saturated rings. The minimum Gasteiger partial charge on any atom is -0.482 e. The van der Waals surface area contributed by atoms with Crippen LogP contribution in [0.15, 0.2) is 54.1 Å². The van der Waals surface area contributed by atoms with Gasteiger partial charge in [-0.05, 0) is 47.9 Å². The lowest BCUT2D eigenvalue weighted by molar-refractivity contribution is -0.136. The van der Waals surface area contributed by atoms with E-state index in [0.29, 0.717) is 30.2 Å². The summed E-state index contributed by atoms with van der Waals surface area (Å²) in [6.07, 6.45) is 3.53. The van der Waals surface area contributed by atoms with Crippen LogP contribution in [0.3, 0.4) is 0 Å². The van der Waals surface area contributed by atoms with Crippen LogP contribution in [0.4, 0.5) is 0 Å². The van der Waals surface area contributed by atoms with E-state index in [1.54, 1.807) is 24.3 Å². The van der Waals surface area contributed by atoms with E-state index in [1.807, 2.05) is 30.3 Å². The van der Waals surface area contributed by atoms with E-state index in [1.165, 1.54) is 18.7 Å². The van der Waals surface area contributed by atoms with Crippen molar-refractivity contribution in [3.05, 3.63) is 65.2 Å². The minimum absolute atomic E-state index is 0.0285. The molecule has 31 heavy (non-hydrogen) atoms. The Morgan fingerprint density at radius 3 is 2.35 bits per heavy atom. The van der Waals surface area contributed by atoms with Crippen molar-refractivity contribution in [2.45, 2.75) is 19.8 Å². The number of nitrogens with one attached hydrogen (secondary N) is 1. The number of ether oxygens (including phenoxy) is 3. The van der Waals surface area contributed by atoms with Crippen LogP contribution in [0.2, 0.25) is 0 Å². The van der Waals surface area contributed by atoms with Crippen LogP contribution in [0.25, 0.3) is 6.08 Å². The summed E-state index contributed by atoms with van der Waals surface area (Å²) in [5.74, 6) is -0.0664. The predicted molar refractivity (Wildman–Crippen MR) is 116 cm³/mol. The molecule has 2 aromatic carbocycles. The Labute approximate surface area is 182 Å². The van der Waals surface area contributed by atoms with Gasteiger partial charge in [0.2, 0.25) is 0 Å². The van der Waals surface area contributed by atoms with E-state index in [0.717, 1.165) is 12.8 Å². The highest BCUT2D eigenvalue weighted by Gasteiger charge is 2.09. The molecular formula is C24H26N2O5. The normalized spacial score (nSPS) is 10.8. The third-order valence-electron chi connectivity index (χ3n) is 4.20. The third kappa shape index (κ3) is 8.33. The van der Waals surface area contributed by atoms with Crippen LogP contribution in [0, 0.1) is 11.3 Å². The summed E-state index contributed by atoms with van der Waals surface area (Å²) >= 11 is 0. The summed E-state index contributed by atoms with van der Waals surface area (Å²) < 4.78 is 15.6. The number of esters is 1. The van der Waals surface area contributed by atoms with Crippen LogP contribution in [0.1, 0.15) is 24.5 Å². The molecule has 162 valence electrons. The van der Waals surface area contributed by atoms with Gasteiger partial charge in [-0.1, -0.05) is 37.6 Å². The highest BCUT2D eigenvalue weighted by molar-refractivity contribution is 6.01. The van der Waals surface area contributed by atoms with E-state index in [2.05, 4.69) is 12.2 Å². The Kier molecular flexibility index (Phi) is 9.79. The molecule has 2 aromatic rings. The number of nitriles is 1. The number of hydrogen-bond acceptors (Lipinski definition) is 6. The lowest BCUT2D eigenvalue weighted by Gasteiger charge is -2.08. The second-order valence-electron chi connectivity index (χ2n) is 6.64. The van der Waals surface area contributed by atoms with Crippen molar-refractivity contribution in [1.29, 1.82) is 5.26 Å². The Hall–Kier alpha value is -3.63. The van der Waals surface area contributed by atoms with Crippen molar-refractivity contribution in [2.24, 2.45) is 0 Å². The molecule has 0 aliphatic rings. The first-order chi connectivity index (χ1) is 15.0. The smallest absolute Gasteiger partial charge is 0.349 e. The number of amides is 1. The monoisotopic (exact) mass is 422 g/mol. The maximum Gasteiger partial charge on any atom is 0.349 e. The predicted octanol–water partition coefficient (Wildman–Crippen LogP) is 3.29. The lowest BCUT2D eigenvalue weighted by atomic mass is 10.1. The zero-order valence-corrected chi connectivity index (χ0v) is 17.7. The second kappa shape index (κ2) is 12.8. The molecule has 0 radical (unpaired) electrons. The molecule has 1 N–H and O–H groups in total. The number of carbonyl (C=O) groups excluding carboxylic acids is 2. The van der Waals surface area contributed by atoms with Crippen LogP contribution < -0.4 is 14.8 Å². The highest BCUT2D eigenvalue weighted by Crippen LogP contribution is 2.16. The second-order valence-corrected chi connectivity index (χ2v) is 6.64. The quantitative estimate of drug-likeness (QED) is 0.196. The first kappa shape index (κ1) is 23.6. The molecule has 2 rings (SSSR count). The molecule has 0 aliphatic carbocycles. The molecule has 0 unspecified atom stereocenters. The number of nitrogens with zero attached hydrogens (tertiary/aromatic N) is 1.